The van der Waals surface area contributed by atoms with Gasteiger partial charge in [-0.1, -0.05) is 30.3 Å². The molecule has 4 heteroatoms. The van der Waals surface area contributed by atoms with Gasteiger partial charge in [-0.25, -0.2) is 0 Å². The summed E-state index contributed by atoms with van der Waals surface area (Å²) < 4.78 is 10.4. The van der Waals surface area contributed by atoms with Gasteiger partial charge in [-0.15, -0.1) is 0 Å². The van der Waals surface area contributed by atoms with Gasteiger partial charge in [0.05, 0.1) is 12.5 Å². The van der Waals surface area contributed by atoms with E-state index in [1.165, 1.54) is 0 Å². The van der Waals surface area contributed by atoms with E-state index >= 15 is 0 Å². The van der Waals surface area contributed by atoms with Crippen LogP contribution in [0, 0.1) is 0 Å². The molecular weight excluding hydrogens is 268 g/mol. The molecule has 0 heterocycles. The summed E-state index contributed by atoms with van der Waals surface area (Å²) in [6, 6.07) is 9.38. The molecule has 116 valence electrons. The summed E-state index contributed by atoms with van der Waals surface area (Å²) in [5.74, 6) is -1.05. The summed E-state index contributed by atoms with van der Waals surface area (Å²) in [7, 11) is 0. The van der Waals surface area contributed by atoms with Gasteiger partial charge in [0.15, 0.2) is 0 Å². The Morgan fingerprint density at radius 3 is 2.29 bits per heavy atom. The average molecular weight is 292 g/mol. The lowest BCUT2D eigenvalue weighted by atomic mass is 9.94. The largest absolute Gasteiger partial charge is 0.466 e. The smallest absolute Gasteiger partial charge is 0.313 e. The van der Waals surface area contributed by atoms with Crippen molar-refractivity contribution in [3.8, 4) is 0 Å². The van der Waals surface area contributed by atoms with Crippen molar-refractivity contribution < 1.29 is 19.1 Å². The van der Waals surface area contributed by atoms with E-state index < -0.39 is 11.5 Å². The normalized spacial score (nSPS) is 12.6. The Labute approximate surface area is 126 Å². The van der Waals surface area contributed by atoms with E-state index in [1.807, 2.05) is 51.1 Å². The van der Waals surface area contributed by atoms with Crippen LogP contribution in [0.3, 0.4) is 0 Å². The van der Waals surface area contributed by atoms with Crippen molar-refractivity contribution in [3.63, 3.8) is 0 Å². The summed E-state index contributed by atoms with van der Waals surface area (Å²) >= 11 is 0. The minimum Gasteiger partial charge on any atom is -0.466 e. The quantitative estimate of drug-likeness (QED) is 0.753. The first-order valence-corrected chi connectivity index (χ1v) is 7.27. The average Bonchev–Trinajstić information content (AvgIpc) is 2.38. The number of hydrogen-bond acceptors (Lipinski definition) is 4. The number of carbonyl (C=O) groups excluding carboxylic acids is 2. The van der Waals surface area contributed by atoms with E-state index in [0.717, 1.165) is 5.56 Å². The maximum absolute atomic E-state index is 12.4. The van der Waals surface area contributed by atoms with E-state index in [2.05, 4.69) is 0 Å². The third kappa shape index (κ3) is 6.43. The fraction of sp³-hybridized carbons (Fsp3) is 0.529. The van der Waals surface area contributed by atoms with Gasteiger partial charge in [-0.05, 0) is 39.7 Å². The SMILES string of the molecule is CCOC(=O)CC[C@H](C(=O)OC(C)(C)C)c1ccccc1. The van der Waals surface area contributed by atoms with Crippen LogP contribution in [-0.4, -0.2) is 24.1 Å². The molecule has 0 bridgehead atoms. The number of hydrogen-bond donors (Lipinski definition) is 0. The number of carbonyl (C=O) groups is 2. The second-order valence-corrected chi connectivity index (χ2v) is 5.84. The molecule has 0 aromatic heterocycles. The molecule has 0 N–H and O–H groups in total. The molecule has 1 rings (SSSR count). The molecule has 1 aromatic rings. The van der Waals surface area contributed by atoms with Crippen LogP contribution in [0.5, 0.6) is 0 Å². The van der Waals surface area contributed by atoms with Crippen molar-refractivity contribution in [2.24, 2.45) is 0 Å². The zero-order valence-corrected chi connectivity index (χ0v) is 13.2. The number of esters is 2. The highest BCUT2D eigenvalue weighted by Crippen LogP contribution is 2.25. The van der Waals surface area contributed by atoms with Gasteiger partial charge in [-0.2, -0.15) is 0 Å². The summed E-state index contributed by atoms with van der Waals surface area (Å²) in [6.45, 7) is 7.61. The molecule has 0 radical (unpaired) electrons. The van der Waals surface area contributed by atoms with Gasteiger partial charge in [0.25, 0.3) is 0 Å². The molecule has 0 unspecified atom stereocenters. The standard InChI is InChI=1S/C17H24O4/c1-5-20-15(18)12-11-14(13-9-7-6-8-10-13)16(19)21-17(2,3)4/h6-10,14H,5,11-12H2,1-4H3/t14-/m0/s1. The maximum Gasteiger partial charge on any atom is 0.313 e. The fourth-order valence-electron chi connectivity index (χ4n) is 1.97. The minimum atomic E-state index is -0.548. The van der Waals surface area contributed by atoms with Crippen molar-refractivity contribution in [3.05, 3.63) is 35.9 Å². The van der Waals surface area contributed by atoms with Crippen LogP contribution in [0.4, 0.5) is 0 Å². The van der Waals surface area contributed by atoms with Crippen molar-refractivity contribution in [1.29, 1.82) is 0 Å². The summed E-state index contributed by atoms with van der Waals surface area (Å²) in [4.78, 5) is 23.9. The van der Waals surface area contributed by atoms with E-state index in [-0.39, 0.29) is 18.4 Å². The highest BCUT2D eigenvalue weighted by molar-refractivity contribution is 5.79. The van der Waals surface area contributed by atoms with Crippen LogP contribution >= 0.6 is 0 Å². The van der Waals surface area contributed by atoms with Crippen LogP contribution in [0.1, 0.15) is 52.0 Å². The molecule has 0 aliphatic carbocycles. The second kappa shape index (κ2) is 7.81. The van der Waals surface area contributed by atoms with Crippen molar-refractivity contribution >= 4 is 11.9 Å². The zero-order chi connectivity index (χ0) is 15.9. The highest BCUT2D eigenvalue weighted by Gasteiger charge is 2.27. The zero-order valence-electron chi connectivity index (χ0n) is 13.2. The van der Waals surface area contributed by atoms with E-state index in [1.54, 1.807) is 6.92 Å². The van der Waals surface area contributed by atoms with Crippen LogP contribution in [0.15, 0.2) is 30.3 Å². The Hall–Kier alpha value is -1.84. The Bertz CT molecular complexity index is 459. The van der Waals surface area contributed by atoms with E-state index in [0.29, 0.717) is 13.0 Å². The molecule has 1 atom stereocenters. The first-order valence-electron chi connectivity index (χ1n) is 7.27. The molecule has 0 spiro atoms. The Balaban J connectivity index is 2.80. The van der Waals surface area contributed by atoms with Gasteiger partial charge in [0.2, 0.25) is 0 Å². The first kappa shape index (κ1) is 17.2. The monoisotopic (exact) mass is 292 g/mol. The third-order valence-electron chi connectivity index (χ3n) is 2.84. The van der Waals surface area contributed by atoms with Crippen molar-refractivity contribution in [1.82, 2.24) is 0 Å². The molecule has 0 fully saturated rings. The first-order chi connectivity index (χ1) is 9.83. The van der Waals surface area contributed by atoms with Crippen LogP contribution < -0.4 is 0 Å². The molecule has 0 saturated heterocycles. The van der Waals surface area contributed by atoms with Gasteiger partial charge in [-0.3, -0.25) is 9.59 Å². The number of ether oxygens (including phenoxy) is 2. The predicted molar refractivity (Wildman–Crippen MR) is 80.9 cm³/mol. The lowest BCUT2D eigenvalue weighted by Gasteiger charge is -2.24. The maximum atomic E-state index is 12.4. The second-order valence-electron chi connectivity index (χ2n) is 5.84. The molecule has 4 nitrogen and oxygen atoms in total. The summed E-state index contributed by atoms with van der Waals surface area (Å²) in [5.41, 5.74) is 0.310. The summed E-state index contributed by atoms with van der Waals surface area (Å²) in [5, 5.41) is 0. The van der Waals surface area contributed by atoms with Gasteiger partial charge in [0.1, 0.15) is 5.60 Å². The predicted octanol–water partition coefficient (Wildman–Crippen LogP) is 3.46. The van der Waals surface area contributed by atoms with Gasteiger partial charge in [0, 0.05) is 6.42 Å². The number of benzene rings is 1. The van der Waals surface area contributed by atoms with Gasteiger partial charge < -0.3 is 9.47 Å². The summed E-state index contributed by atoms with van der Waals surface area (Å²) in [6.07, 6.45) is 0.588. The molecule has 0 aliphatic rings. The van der Waals surface area contributed by atoms with E-state index in [4.69, 9.17) is 9.47 Å². The van der Waals surface area contributed by atoms with E-state index in [9.17, 15) is 9.59 Å². The Morgan fingerprint density at radius 2 is 1.76 bits per heavy atom. The molecular formula is C17H24O4. The Morgan fingerprint density at radius 1 is 1.14 bits per heavy atom. The van der Waals surface area contributed by atoms with Crippen LogP contribution in [-0.2, 0) is 19.1 Å². The van der Waals surface area contributed by atoms with Crippen LogP contribution in [0.2, 0.25) is 0 Å². The molecule has 21 heavy (non-hydrogen) atoms. The Kier molecular flexibility index (Phi) is 6.40. The topological polar surface area (TPSA) is 52.6 Å². The minimum absolute atomic E-state index is 0.201. The van der Waals surface area contributed by atoms with Gasteiger partial charge >= 0.3 is 11.9 Å². The number of rotatable bonds is 6. The lowest BCUT2D eigenvalue weighted by molar-refractivity contribution is -0.157. The third-order valence-corrected chi connectivity index (χ3v) is 2.84. The van der Waals surface area contributed by atoms with Crippen LogP contribution in [0.25, 0.3) is 0 Å². The molecule has 1 aromatic carbocycles. The molecule has 0 saturated carbocycles. The van der Waals surface area contributed by atoms with Crippen molar-refractivity contribution in [2.45, 2.75) is 52.1 Å². The highest BCUT2D eigenvalue weighted by atomic mass is 16.6. The molecule has 0 amide bonds. The van der Waals surface area contributed by atoms with Crippen molar-refractivity contribution in [2.75, 3.05) is 6.61 Å². The fourth-order valence-corrected chi connectivity index (χ4v) is 1.97. The lowest BCUT2D eigenvalue weighted by Crippen LogP contribution is -2.28. The molecule has 0 aliphatic heterocycles.